The van der Waals surface area contributed by atoms with Crippen molar-refractivity contribution in [1.29, 1.82) is 0 Å². The third-order valence-corrected chi connectivity index (χ3v) is 3.51. The molecule has 0 fully saturated rings. The number of halogens is 1. The summed E-state index contributed by atoms with van der Waals surface area (Å²) in [4.78, 5) is 11.8. The van der Waals surface area contributed by atoms with E-state index in [2.05, 4.69) is 34.0 Å². The minimum Gasteiger partial charge on any atom is -0.351 e. The van der Waals surface area contributed by atoms with E-state index in [4.69, 9.17) is 5.73 Å². The molecule has 0 heterocycles. The average molecular weight is 318 g/mol. The second-order valence-electron chi connectivity index (χ2n) is 3.49. The van der Waals surface area contributed by atoms with Crippen LogP contribution < -0.4 is 11.1 Å². The molecular weight excluding hydrogens is 303 g/mol. The van der Waals surface area contributed by atoms with E-state index in [0.717, 1.165) is 20.3 Å². The Bertz CT molecular complexity index is 377. The first-order valence-corrected chi connectivity index (χ1v) is 5.89. The standard InChI is InChI=1S/C11H15IN2O/c1-7-5-8(2)10(12)9(6-7)11(15)14-4-3-13/h5-6H,3-4,13H2,1-2H3,(H,14,15). The van der Waals surface area contributed by atoms with E-state index in [0.29, 0.717) is 13.1 Å². The fraction of sp³-hybridized carbons (Fsp3) is 0.364. The number of hydrogen-bond donors (Lipinski definition) is 2. The van der Waals surface area contributed by atoms with Crippen molar-refractivity contribution in [1.82, 2.24) is 5.32 Å². The maximum atomic E-state index is 11.8. The van der Waals surface area contributed by atoms with Crippen molar-refractivity contribution in [3.8, 4) is 0 Å². The van der Waals surface area contributed by atoms with Crippen molar-refractivity contribution >= 4 is 28.5 Å². The van der Waals surface area contributed by atoms with Gasteiger partial charge in [-0.25, -0.2) is 0 Å². The summed E-state index contributed by atoms with van der Waals surface area (Å²) in [6.07, 6.45) is 0. The largest absolute Gasteiger partial charge is 0.351 e. The number of amides is 1. The Morgan fingerprint density at radius 1 is 1.47 bits per heavy atom. The van der Waals surface area contributed by atoms with Crippen molar-refractivity contribution in [2.75, 3.05) is 13.1 Å². The number of carbonyl (C=O) groups is 1. The Morgan fingerprint density at radius 3 is 2.73 bits per heavy atom. The monoisotopic (exact) mass is 318 g/mol. The number of carbonyl (C=O) groups excluding carboxylic acids is 1. The predicted octanol–water partition coefficient (Wildman–Crippen LogP) is 1.60. The van der Waals surface area contributed by atoms with Gasteiger partial charge in [-0.05, 0) is 48.1 Å². The molecule has 0 atom stereocenters. The normalized spacial score (nSPS) is 10.1. The van der Waals surface area contributed by atoms with E-state index in [9.17, 15) is 4.79 Å². The summed E-state index contributed by atoms with van der Waals surface area (Å²) in [5.41, 5.74) is 8.31. The van der Waals surface area contributed by atoms with Crippen LogP contribution in [0.15, 0.2) is 12.1 Å². The van der Waals surface area contributed by atoms with Crippen molar-refractivity contribution in [3.63, 3.8) is 0 Å². The maximum Gasteiger partial charge on any atom is 0.252 e. The van der Waals surface area contributed by atoms with Gasteiger partial charge < -0.3 is 11.1 Å². The first kappa shape index (κ1) is 12.4. The van der Waals surface area contributed by atoms with Crippen LogP contribution in [0.2, 0.25) is 0 Å². The molecule has 1 amide bonds. The molecule has 0 radical (unpaired) electrons. The lowest BCUT2D eigenvalue weighted by atomic mass is 10.1. The highest BCUT2D eigenvalue weighted by Gasteiger charge is 2.11. The zero-order valence-electron chi connectivity index (χ0n) is 8.93. The van der Waals surface area contributed by atoms with Crippen molar-refractivity contribution in [2.24, 2.45) is 5.73 Å². The molecule has 0 aliphatic rings. The quantitative estimate of drug-likeness (QED) is 0.832. The Hall–Kier alpha value is -0.620. The van der Waals surface area contributed by atoms with Crippen LogP contribution in [-0.4, -0.2) is 19.0 Å². The van der Waals surface area contributed by atoms with Crippen LogP contribution >= 0.6 is 22.6 Å². The molecule has 4 heteroatoms. The molecule has 1 aromatic carbocycles. The van der Waals surface area contributed by atoms with Gasteiger partial charge in [0.1, 0.15) is 0 Å². The third-order valence-electron chi connectivity index (χ3n) is 2.07. The first-order chi connectivity index (χ1) is 7.06. The van der Waals surface area contributed by atoms with Crippen molar-refractivity contribution in [2.45, 2.75) is 13.8 Å². The smallest absolute Gasteiger partial charge is 0.252 e. The summed E-state index contributed by atoms with van der Waals surface area (Å²) in [5, 5.41) is 2.78. The van der Waals surface area contributed by atoms with Gasteiger partial charge in [-0.1, -0.05) is 11.6 Å². The van der Waals surface area contributed by atoms with Gasteiger partial charge in [0, 0.05) is 16.7 Å². The molecule has 0 aromatic heterocycles. The van der Waals surface area contributed by atoms with Gasteiger partial charge in [0.25, 0.3) is 5.91 Å². The van der Waals surface area contributed by atoms with Gasteiger partial charge in [0.15, 0.2) is 0 Å². The second kappa shape index (κ2) is 5.46. The number of rotatable bonds is 3. The van der Waals surface area contributed by atoms with Crippen LogP contribution in [-0.2, 0) is 0 Å². The second-order valence-corrected chi connectivity index (χ2v) is 4.57. The Kier molecular flexibility index (Phi) is 4.53. The Labute approximate surface area is 104 Å². The van der Waals surface area contributed by atoms with Gasteiger partial charge in [-0.3, -0.25) is 4.79 Å². The van der Waals surface area contributed by atoms with E-state index < -0.39 is 0 Å². The third kappa shape index (κ3) is 3.17. The molecule has 0 aliphatic heterocycles. The minimum absolute atomic E-state index is 0.0448. The van der Waals surface area contributed by atoms with Gasteiger partial charge in [0.05, 0.1) is 5.56 Å². The number of nitrogens with two attached hydrogens (primary N) is 1. The molecule has 1 aromatic rings. The molecule has 3 nitrogen and oxygen atoms in total. The van der Waals surface area contributed by atoms with E-state index >= 15 is 0 Å². The molecular formula is C11H15IN2O. The number of nitrogens with one attached hydrogen (secondary N) is 1. The predicted molar refractivity (Wildman–Crippen MR) is 70.0 cm³/mol. The van der Waals surface area contributed by atoms with Gasteiger partial charge >= 0.3 is 0 Å². The highest BCUT2D eigenvalue weighted by Crippen LogP contribution is 2.18. The van der Waals surface area contributed by atoms with E-state index in [1.807, 2.05) is 19.9 Å². The summed E-state index contributed by atoms with van der Waals surface area (Å²) in [6.45, 7) is 4.98. The SMILES string of the molecule is Cc1cc(C)c(I)c(C(=O)NCCN)c1. The van der Waals surface area contributed by atoms with E-state index in [-0.39, 0.29) is 5.91 Å². The lowest BCUT2D eigenvalue weighted by Gasteiger charge is -2.09. The zero-order chi connectivity index (χ0) is 11.4. The summed E-state index contributed by atoms with van der Waals surface area (Å²) in [5.74, 6) is -0.0448. The molecule has 0 bridgehead atoms. The molecule has 0 spiro atoms. The average Bonchev–Trinajstić information content (AvgIpc) is 2.19. The molecule has 0 aliphatic carbocycles. The fourth-order valence-corrected chi connectivity index (χ4v) is 1.95. The Balaban J connectivity index is 2.98. The number of hydrogen-bond acceptors (Lipinski definition) is 2. The van der Waals surface area contributed by atoms with Gasteiger partial charge in [-0.2, -0.15) is 0 Å². The number of aryl methyl sites for hydroxylation is 2. The van der Waals surface area contributed by atoms with Crippen molar-refractivity contribution < 1.29 is 4.79 Å². The first-order valence-electron chi connectivity index (χ1n) is 4.81. The molecule has 82 valence electrons. The minimum atomic E-state index is -0.0448. The van der Waals surface area contributed by atoms with Crippen LogP contribution in [0, 0.1) is 17.4 Å². The molecule has 0 unspecified atom stereocenters. The molecule has 0 saturated carbocycles. The van der Waals surface area contributed by atoms with Crippen molar-refractivity contribution in [3.05, 3.63) is 32.4 Å². The van der Waals surface area contributed by atoms with Crippen LogP contribution in [0.5, 0.6) is 0 Å². The summed E-state index contributed by atoms with van der Waals surface area (Å²) in [7, 11) is 0. The van der Waals surface area contributed by atoms with E-state index in [1.165, 1.54) is 0 Å². The number of benzene rings is 1. The van der Waals surface area contributed by atoms with Gasteiger partial charge in [0.2, 0.25) is 0 Å². The van der Waals surface area contributed by atoms with E-state index in [1.54, 1.807) is 0 Å². The highest BCUT2D eigenvalue weighted by atomic mass is 127. The fourth-order valence-electron chi connectivity index (χ4n) is 1.40. The molecule has 0 saturated heterocycles. The van der Waals surface area contributed by atoms with Crippen LogP contribution in [0.25, 0.3) is 0 Å². The maximum absolute atomic E-state index is 11.8. The molecule has 1 rings (SSSR count). The lowest BCUT2D eigenvalue weighted by Crippen LogP contribution is -2.29. The molecule has 15 heavy (non-hydrogen) atoms. The summed E-state index contributed by atoms with van der Waals surface area (Å²) >= 11 is 2.20. The summed E-state index contributed by atoms with van der Waals surface area (Å²) in [6, 6.07) is 3.97. The lowest BCUT2D eigenvalue weighted by molar-refractivity contribution is 0.0953. The van der Waals surface area contributed by atoms with Gasteiger partial charge in [-0.15, -0.1) is 0 Å². The summed E-state index contributed by atoms with van der Waals surface area (Å²) < 4.78 is 1.01. The van der Waals surface area contributed by atoms with Crippen LogP contribution in [0.3, 0.4) is 0 Å². The molecule has 3 N–H and O–H groups in total. The highest BCUT2D eigenvalue weighted by molar-refractivity contribution is 14.1. The van der Waals surface area contributed by atoms with Crippen LogP contribution in [0.1, 0.15) is 21.5 Å². The topological polar surface area (TPSA) is 55.1 Å². The zero-order valence-corrected chi connectivity index (χ0v) is 11.1. The van der Waals surface area contributed by atoms with Crippen LogP contribution in [0.4, 0.5) is 0 Å². The Morgan fingerprint density at radius 2 is 2.13 bits per heavy atom.